The Labute approximate surface area is 117 Å². The van der Waals surface area contributed by atoms with E-state index in [1.54, 1.807) is 18.3 Å². The van der Waals surface area contributed by atoms with Gasteiger partial charge in [-0.2, -0.15) is 11.8 Å². The minimum absolute atomic E-state index is 0.0604. The number of thioether (sulfide) groups is 1. The minimum atomic E-state index is 0.0604. The topological polar surface area (TPSA) is 33.2 Å². The van der Waals surface area contributed by atoms with Gasteiger partial charge in [-0.15, -0.1) is 0 Å². The van der Waals surface area contributed by atoms with Gasteiger partial charge in [0.05, 0.1) is 0 Å². The van der Waals surface area contributed by atoms with Gasteiger partial charge in [-0.3, -0.25) is 4.79 Å². The summed E-state index contributed by atoms with van der Waals surface area (Å²) in [6.07, 6.45) is 1.58. The van der Waals surface area contributed by atoms with E-state index in [9.17, 15) is 4.79 Å². The fourth-order valence-corrected chi connectivity index (χ4v) is 3.45. The van der Waals surface area contributed by atoms with Gasteiger partial charge in [0.15, 0.2) is 0 Å². The van der Waals surface area contributed by atoms with Gasteiger partial charge in [0, 0.05) is 35.9 Å². The third-order valence-corrected chi connectivity index (χ3v) is 4.84. The van der Waals surface area contributed by atoms with E-state index in [1.165, 1.54) is 0 Å². The van der Waals surface area contributed by atoms with Crippen LogP contribution in [0.5, 0.6) is 0 Å². The van der Waals surface area contributed by atoms with Gasteiger partial charge in [0.2, 0.25) is 0 Å². The van der Waals surface area contributed by atoms with Crippen LogP contribution in [0.15, 0.2) is 18.3 Å². The highest BCUT2D eigenvalue weighted by molar-refractivity contribution is 8.00. The highest BCUT2D eigenvalue weighted by atomic mass is 35.5. The van der Waals surface area contributed by atoms with Crippen molar-refractivity contribution in [2.24, 2.45) is 5.92 Å². The lowest BCUT2D eigenvalue weighted by Crippen LogP contribution is -2.43. The van der Waals surface area contributed by atoms with Crippen LogP contribution in [-0.2, 0) is 0 Å². The van der Waals surface area contributed by atoms with E-state index in [1.807, 2.05) is 16.7 Å². The number of amides is 1. The molecule has 2 rings (SSSR count). The lowest BCUT2D eigenvalue weighted by molar-refractivity contribution is 0.0756. The second kappa shape index (κ2) is 5.93. The molecule has 1 aromatic heterocycles. The molecule has 0 aromatic carbocycles. The molecule has 1 aliphatic rings. The maximum Gasteiger partial charge on any atom is 0.254 e. The van der Waals surface area contributed by atoms with Crippen molar-refractivity contribution < 1.29 is 4.79 Å². The van der Waals surface area contributed by atoms with Crippen molar-refractivity contribution in [3.63, 3.8) is 0 Å². The van der Waals surface area contributed by atoms with Gasteiger partial charge >= 0.3 is 0 Å². The van der Waals surface area contributed by atoms with E-state index in [-0.39, 0.29) is 5.91 Å². The fraction of sp³-hybridized carbons (Fsp3) is 0.538. The molecule has 0 bridgehead atoms. The Morgan fingerprint density at radius 2 is 2.39 bits per heavy atom. The molecule has 18 heavy (non-hydrogen) atoms. The standard InChI is InChI=1S/C13H17ClN2OS/c1-9(2)11-8-16(5-6-18-11)13(17)10-3-4-15-12(14)7-10/h3-4,7,9,11H,5-6,8H2,1-2H3/t11-/m0/s1. The number of carbonyl (C=O) groups is 1. The van der Waals surface area contributed by atoms with Crippen LogP contribution < -0.4 is 0 Å². The molecule has 5 heteroatoms. The first-order valence-electron chi connectivity index (χ1n) is 6.10. The summed E-state index contributed by atoms with van der Waals surface area (Å²) >= 11 is 7.78. The first kappa shape index (κ1) is 13.7. The van der Waals surface area contributed by atoms with Crippen LogP contribution in [0, 0.1) is 5.92 Å². The smallest absolute Gasteiger partial charge is 0.254 e. The van der Waals surface area contributed by atoms with Gasteiger partial charge in [-0.1, -0.05) is 25.4 Å². The summed E-state index contributed by atoms with van der Waals surface area (Å²) in [7, 11) is 0. The van der Waals surface area contributed by atoms with E-state index in [2.05, 4.69) is 18.8 Å². The third kappa shape index (κ3) is 3.18. The Morgan fingerprint density at radius 1 is 1.61 bits per heavy atom. The summed E-state index contributed by atoms with van der Waals surface area (Å²) < 4.78 is 0. The van der Waals surface area contributed by atoms with Crippen LogP contribution in [0.25, 0.3) is 0 Å². The van der Waals surface area contributed by atoms with Crippen LogP contribution in [0.4, 0.5) is 0 Å². The number of carbonyl (C=O) groups excluding carboxylic acids is 1. The molecule has 0 saturated carbocycles. The lowest BCUT2D eigenvalue weighted by Gasteiger charge is -2.34. The quantitative estimate of drug-likeness (QED) is 0.783. The van der Waals surface area contributed by atoms with Crippen molar-refractivity contribution in [2.75, 3.05) is 18.8 Å². The molecule has 1 amide bonds. The molecule has 1 atom stereocenters. The van der Waals surface area contributed by atoms with E-state index in [4.69, 9.17) is 11.6 Å². The molecule has 1 aromatic rings. The molecule has 1 aliphatic heterocycles. The summed E-state index contributed by atoms with van der Waals surface area (Å²) in [4.78, 5) is 18.2. The van der Waals surface area contributed by atoms with Crippen LogP contribution >= 0.6 is 23.4 Å². The van der Waals surface area contributed by atoms with E-state index < -0.39 is 0 Å². The number of hydrogen-bond acceptors (Lipinski definition) is 3. The zero-order valence-electron chi connectivity index (χ0n) is 10.6. The second-order valence-electron chi connectivity index (χ2n) is 4.77. The number of aromatic nitrogens is 1. The van der Waals surface area contributed by atoms with Crippen molar-refractivity contribution >= 4 is 29.3 Å². The number of halogens is 1. The van der Waals surface area contributed by atoms with Crippen molar-refractivity contribution in [3.05, 3.63) is 29.0 Å². The number of nitrogens with zero attached hydrogens (tertiary/aromatic N) is 2. The minimum Gasteiger partial charge on any atom is -0.337 e. The molecule has 3 nitrogen and oxygen atoms in total. The largest absolute Gasteiger partial charge is 0.337 e. The van der Waals surface area contributed by atoms with Crippen molar-refractivity contribution in [3.8, 4) is 0 Å². The highest BCUT2D eigenvalue weighted by Crippen LogP contribution is 2.25. The third-order valence-electron chi connectivity index (χ3n) is 3.10. The molecule has 0 unspecified atom stereocenters. The number of pyridine rings is 1. The zero-order valence-corrected chi connectivity index (χ0v) is 12.2. The van der Waals surface area contributed by atoms with Crippen LogP contribution in [0.3, 0.4) is 0 Å². The number of rotatable bonds is 2. The molecule has 0 radical (unpaired) electrons. The van der Waals surface area contributed by atoms with Gasteiger partial charge in [-0.05, 0) is 18.1 Å². The summed E-state index contributed by atoms with van der Waals surface area (Å²) in [6.45, 7) is 6.04. The predicted octanol–water partition coefficient (Wildman–Crippen LogP) is 2.95. The normalized spacial score (nSPS) is 20.2. The van der Waals surface area contributed by atoms with Crippen molar-refractivity contribution in [1.82, 2.24) is 9.88 Å². The average molecular weight is 285 g/mol. The second-order valence-corrected chi connectivity index (χ2v) is 6.51. The van der Waals surface area contributed by atoms with E-state index >= 15 is 0 Å². The SMILES string of the molecule is CC(C)[C@@H]1CN(C(=O)c2ccnc(Cl)c2)CCS1. The lowest BCUT2D eigenvalue weighted by atomic mass is 10.1. The molecule has 1 saturated heterocycles. The maximum atomic E-state index is 12.4. The van der Waals surface area contributed by atoms with Gasteiger partial charge in [-0.25, -0.2) is 4.98 Å². The molecule has 0 spiro atoms. The molecule has 0 aliphatic carbocycles. The van der Waals surface area contributed by atoms with Crippen LogP contribution in [-0.4, -0.2) is 39.9 Å². The molecular weight excluding hydrogens is 268 g/mol. The predicted molar refractivity (Wildman–Crippen MR) is 76.2 cm³/mol. The Balaban J connectivity index is 2.09. The number of hydrogen-bond donors (Lipinski definition) is 0. The summed E-state index contributed by atoms with van der Waals surface area (Å²) in [6, 6.07) is 3.36. The molecule has 2 heterocycles. The van der Waals surface area contributed by atoms with E-state index in [0.717, 1.165) is 18.8 Å². The molecule has 0 N–H and O–H groups in total. The Bertz CT molecular complexity index is 439. The monoisotopic (exact) mass is 284 g/mol. The van der Waals surface area contributed by atoms with Gasteiger partial charge in [0.25, 0.3) is 5.91 Å². The maximum absolute atomic E-state index is 12.4. The fourth-order valence-electron chi connectivity index (χ4n) is 1.98. The van der Waals surface area contributed by atoms with Gasteiger partial charge < -0.3 is 4.90 Å². The highest BCUT2D eigenvalue weighted by Gasteiger charge is 2.26. The van der Waals surface area contributed by atoms with Gasteiger partial charge in [0.1, 0.15) is 5.15 Å². The van der Waals surface area contributed by atoms with Crippen LogP contribution in [0.1, 0.15) is 24.2 Å². The Kier molecular flexibility index (Phi) is 4.51. The van der Waals surface area contributed by atoms with Crippen molar-refractivity contribution in [2.45, 2.75) is 19.1 Å². The molecular formula is C13H17ClN2OS. The molecule has 98 valence electrons. The summed E-state index contributed by atoms with van der Waals surface area (Å²) in [5, 5.41) is 0.896. The summed E-state index contributed by atoms with van der Waals surface area (Å²) in [5.74, 6) is 1.66. The Morgan fingerprint density at radius 3 is 3.06 bits per heavy atom. The summed E-state index contributed by atoms with van der Waals surface area (Å²) in [5.41, 5.74) is 0.629. The zero-order chi connectivity index (χ0) is 13.1. The first-order valence-corrected chi connectivity index (χ1v) is 7.53. The first-order chi connectivity index (χ1) is 8.58. The molecule has 1 fully saturated rings. The Hall–Kier alpha value is -0.740. The van der Waals surface area contributed by atoms with Crippen LogP contribution in [0.2, 0.25) is 5.15 Å². The van der Waals surface area contributed by atoms with Crippen molar-refractivity contribution in [1.29, 1.82) is 0 Å². The van der Waals surface area contributed by atoms with E-state index in [0.29, 0.717) is 21.9 Å². The average Bonchev–Trinajstić information content (AvgIpc) is 2.38.